The SMILES string of the molecule is O=C(NC1(CBr)CC1)c1cc(O)ccc1O. The fourth-order valence-electron chi connectivity index (χ4n) is 1.46. The Labute approximate surface area is 101 Å². The van der Waals surface area contributed by atoms with E-state index in [9.17, 15) is 15.0 Å². The number of amides is 1. The molecule has 1 saturated carbocycles. The first-order valence-electron chi connectivity index (χ1n) is 4.97. The van der Waals surface area contributed by atoms with E-state index < -0.39 is 0 Å². The van der Waals surface area contributed by atoms with Crippen LogP contribution in [0.5, 0.6) is 11.5 Å². The molecule has 86 valence electrons. The van der Waals surface area contributed by atoms with Gasteiger partial charge in [-0.2, -0.15) is 0 Å². The number of phenolic OH excluding ortho intramolecular Hbond substituents is 2. The van der Waals surface area contributed by atoms with Crippen LogP contribution >= 0.6 is 15.9 Å². The van der Waals surface area contributed by atoms with Crippen molar-refractivity contribution in [2.75, 3.05) is 5.33 Å². The average Bonchev–Trinajstić information content (AvgIpc) is 3.02. The molecular weight excluding hydrogens is 274 g/mol. The minimum Gasteiger partial charge on any atom is -0.508 e. The van der Waals surface area contributed by atoms with Crippen molar-refractivity contribution < 1.29 is 15.0 Å². The number of hydrogen-bond acceptors (Lipinski definition) is 3. The van der Waals surface area contributed by atoms with Crippen molar-refractivity contribution >= 4 is 21.8 Å². The van der Waals surface area contributed by atoms with E-state index in [2.05, 4.69) is 21.2 Å². The Hall–Kier alpha value is -1.23. The molecule has 0 radical (unpaired) electrons. The molecule has 5 heteroatoms. The molecule has 1 aliphatic carbocycles. The van der Waals surface area contributed by atoms with Crippen LogP contribution in [0, 0.1) is 0 Å². The molecule has 0 aromatic heterocycles. The molecule has 3 N–H and O–H groups in total. The number of rotatable bonds is 3. The van der Waals surface area contributed by atoms with Gasteiger partial charge in [0.1, 0.15) is 11.5 Å². The quantitative estimate of drug-likeness (QED) is 0.585. The molecule has 0 spiro atoms. The monoisotopic (exact) mass is 285 g/mol. The zero-order valence-electron chi connectivity index (χ0n) is 8.53. The first kappa shape index (κ1) is 11.3. The van der Waals surface area contributed by atoms with E-state index in [1.54, 1.807) is 0 Å². The molecule has 1 amide bonds. The third kappa shape index (κ3) is 2.14. The van der Waals surface area contributed by atoms with Crippen LogP contribution < -0.4 is 5.32 Å². The van der Waals surface area contributed by atoms with Crippen LogP contribution in [-0.4, -0.2) is 27.0 Å². The summed E-state index contributed by atoms with van der Waals surface area (Å²) >= 11 is 3.34. The maximum absolute atomic E-state index is 11.8. The van der Waals surface area contributed by atoms with Gasteiger partial charge in [0.2, 0.25) is 0 Å². The lowest BCUT2D eigenvalue weighted by Crippen LogP contribution is -2.38. The van der Waals surface area contributed by atoms with Gasteiger partial charge in [-0.3, -0.25) is 4.79 Å². The van der Waals surface area contributed by atoms with Gasteiger partial charge < -0.3 is 15.5 Å². The summed E-state index contributed by atoms with van der Waals surface area (Å²) in [6, 6.07) is 3.90. The van der Waals surface area contributed by atoms with Gasteiger partial charge in [-0.1, -0.05) is 15.9 Å². The van der Waals surface area contributed by atoms with Crippen LogP contribution in [0.25, 0.3) is 0 Å². The topological polar surface area (TPSA) is 69.6 Å². The van der Waals surface area contributed by atoms with E-state index in [1.807, 2.05) is 0 Å². The second-order valence-corrected chi connectivity index (χ2v) is 4.63. The number of phenols is 2. The minimum atomic E-state index is -0.356. The largest absolute Gasteiger partial charge is 0.508 e. The highest BCUT2D eigenvalue weighted by Crippen LogP contribution is 2.37. The Bertz CT molecular complexity index is 429. The van der Waals surface area contributed by atoms with E-state index >= 15 is 0 Å². The van der Waals surface area contributed by atoms with E-state index in [4.69, 9.17) is 0 Å². The van der Waals surface area contributed by atoms with Gasteiger partial charge in [-0.25, -0.2) is 0 Å². The van der Waals surface area contributed by atoms with Crippen LogP contribution in [0.15, 0.2) is 18.2 Å². The molecule has 0 saturated heterocycles. The Morgan fingerprint density at radius 2 is 2.12 bits per heavy atom. The van der Waals surface area contributed by atoms with E-state index in [0.717, 1.165) is 12.8 Å². The molecule has 4 nitrogen and oxygen atoms in total. The molecule has 0 unspecified atom stereocenters. The predicted molar refractivity (Wildman–Crippen MR) is 63.0 cm³/mol. The lowest BCUT2D eigenvalue weighted by atomic mass is 10.1. The van der Waals surface area contributed by atoms with Crippen molar-refractivity contribution in [3.63, 3.8) is 0 Å². The molecule has 16 heavy (non-hydrogen) atoms. The molecular formula is C11H12BrNO3. The Morgan fingerprint density at radius 1 is 1.44 bits per heavy atom. The Kier molecular flexibility index (Phi) is 2.80. The number of hydrogen-bond donors (Lipinski definition) is 3. The van der Waals surface area contributed by atoms with Crippen molar-refractivity contribution in [2.45, 2.75) is 18.4 Å². The number of carbonyl (C=O) groups is 1. The Balaban J connectivity index is 2.17. The van der Waals surface area contributed by atoms with Gasteiger partial charge in [-0.15, -0.1) is 0 Å². The molecule has 1 aliphatic rings. The number of alkyl halides is 1. The van der Waals surface area contributed by atoms with E-state index in [0.29, 0.717) is 5.33 Å². The Morgan fingerprint density at radius 3 is 2.69 bits per heavy atom. The summed E-state index contributed by atoms with van der Waals surface area (Å²) in [6.07, 6.45) is 1.87. The summed E-state index contributed by atoms with van der Waals surface area (Å²) in [5.74, 6) is -0.516. The molecule has 0 aliphatic heterocycles. The normalized spacial score (nSPS) is 16.8. The van der Waals surface area contributed by atoms with Gasteiger partial charge >= 0.3 is 0 Å². The van der Waals surface area contributed by atoms with Gasteiger partial charge in [0, 0.05) is 5.33 Å². The first-order chi connectivity index (χ1) is 7.56. The van der Waals surface area contributed by atoms with Crippen molar-refractivity contribution in [2.24, 2.45) is 0 Å². The molecule has 1 aromatic rings. The molecule has 0 atom stereocenters. The fourth-order valence-corrected chi connectivity index (χ4v) is 2.16. The van der Waals surface area contributed by atoms with Crippen molar-refractivity contribution in [1.82, 2.24) is 5.32 Å². The predicted octanol–water partition coefficient (Wildman–Crippen LogP) is 1.76. The summed E-state index contributed by atoms with van der Waals surface area (Å²) in [4.78, 5) is 11.8. The number of nitrogens with one attached hydrogen (secondary N) is 1. The minimum absolute atomic E-state index is 0.0355. The maximum atomic E-state index is 11.8. The van der Waals surface area contributed by atoms with E-state index in [-0.39, 0.29) is 28.5 Å². The summed E-state index contributed by atoms with van der Waals surface area (Å²) < 4.78 is 0. The number of benzene rings is 1. The zero-order chi connectivity index (χ0) is 11.8. The van der Waals surface area contributed by atoms with Crippen molar-refractivity contribution in [3.8, 4) is 11.5 Å². The zero-order valence-corrected chi connectivity index (χ0v) is 10.1. The third-order valence-corrected chi connectivity index (χ3v) is 3.79. The van der Waals surface area contributed by atoms with Gasteiger partial charge in [0.05, 0.1) is 11.1 Å². The fraction of sp³-hybridized carbons (Fsp3) is 0.364. The summed E-state index contributed by atoms with van der Waals surface area (Å²) in [5.41, 5.74) is -0.0677. The molecule has 0 heterocycles. The van der Waals surface area contributed by atoms with Gasteiger partial charge in [0.15, 0.2) is 0 Å². The number of halogens is 1. The number of aromatic hydroxyl groups is 2. The van der Waals surface area contributed by atoms with Crippen LogP contribution in [0.2, 0.25) is 0 Å². The standard InChI is InChI=1S/C11H12BrNO3/c12-6-11(3-4-11)13-10(16)8-5-7(14)1-2-9(8)15/h1-2,5,14-15H,3-4,6H2,(H,13,16). The van der Waals surface area contributed by atoms with Crippen LogP contribution in [0.3, 0.4) is 0 Å². The maximum Gasteiger partial charge on any atom is 0.255 e. The van der Waals surface area contributed by atoms with Crippen molar-refractivity contribution in [1.29, 1.82) is 0 Å². The summed E-state index contributed by atoms with van der Waals surface area (Å²) in [7, 11) is 0. The van der Waals surface area contributed by atoms with Crippen LogP contribution in [0.4, 0.5) is 0 Å². The summed E-state index contributed by atoms with van der Waals surface area (Å²) in [6.45, 7) is 0. The molecule has 1 aromatic carbocycles. The molecule has 1 fully saturated rings. The third-order valence-electron chi connectivity index (χ3n) is 2.71. The summed E-state index contributed by atoms with van der Waals surface area (Å²) in [5, 5.41) is 22.3. The van der Waals surface area contributed by atoms with Crippen molar-refractivity contribution in [3.05, 3.63) is 23.8 Å². The highest BCUT2D eigenvalue weighted by atomic mass is 79.9. The lowest BCUT2D eigenvalue weighted by molar-refractivity contribution is 0.0933. The molecule has 0 bridgehead atoms. The highest BCUT2D eigenvalue weighted by Gasteiger charge is 2.43. The second-order valence-electron chi connectivity index (χ2n) is 4.07. The second kappa shape index (κ2) is 3.97. The lowest BCUT2D eigenvalue weighted by Gasteiger charge is -2.14. The van der Waals surface area contributed by atoms with Crippen LogP contribution in [0.1, 0.15) is 23.2 Å². The van der Waals surface area contributed by atoms with E-state index in [1.165, 1.54) is 18.2 Å². The van der Waals surface area contributed by atoms with Gasteiger partial charge in [0.25, 0.3) is 5.91 Å². The smallest absolute Gasteiger partial charge is 0.255 e. The first-order valence-corrected chi connectivity index (χ1v) is 6.09. The van der Waals surface area contributed by atoms with Crippen LogP contribution in [-0.2, 0) is 0 Å². The molecule has 2 rings (SSSR count). The van der Waals surface area contributed by atoms with Gasteiger partial charge in [-0.05, 0) is 31.0 Å². The number of carbonyl (C=O) groups excluding carboxylic acids is 1. The average molecular weight is 286 g/mol. The highest BCUT2D eigenvalue weighted by molar-refractivity contribution is 9.09.